The minimum absolute atomic E-state index is 0.226. The number of halogens is 3. The van der Waals surface area contributed by atoms with Gasteiger partial charge in [-0.25, -0.2) is 4.98 Å². The first kappa shape index (κ1) is 17.2. The fraction of sp³-hybridized carbons (Fsp3) is 0.188. The Labute approximate surface area is 145 Å². The lowest BCUT2D eigenvalue weighted by Crippen LogP contribution is -2.22. The molecule has 3 rings (SSSR count). The first-order chi connectivity index (χ1) is 11.8. The summed E-state index contributed by atoms with van der Waals surface area (Å²) >= 11 is 1.20. The van der Waals surface area contributed by atoms with Crippen LogP contribution in [0.4, 0.5) is 13.2 Å². The summed E-state index contributed by atoms with van der Waals surface area (Å²) in [4.78, 5) is 16.3. The van der Waals surface area contributed by atoms with Crippen LogP contribution in [-0.2, 0) is 19.8 Å². The highest BCUT2D eigenvalue weighted by molar-refractivity contribution is 7.13. The van der Waals surface area contributed by atoms with Crippen LogP contribution >= 0.6 is 11.3 Å². The standard InChI is InChI=1S/C16H13F3N4OS/c1-23-8-10(7-21-23)6-20-14(24)13-9-25-15(22-13)11-2-4-12(5-3-11)16(17,18)19/h2-5,7-9H,6H2,1H3,(H,20,24). The third-order valence-electron chi connectivity index (χ3n) is 3.41. The van der Waals surface area contributed by atoms with Gasteiger partial charge < -0.3 is 5.32 Å². The van der Waals surface area contributed by atoms with Crippen molar-refractivity contribution in [1.82, 2.24) is 20.1 Å². The Morgan fingerprint density at radius 1 is 1.28 bits per heavy atom. The topological polar surface area (TPSA) is 59.8 Å². The molecule has 0 fully saturated rings. The fourth-order valence-corrected chi connectivity index (χ4v) is 2.95. The summed E-state index contributed by atoms with van der Waals surface area (Å²) < 4.78 is 39.4. The summed E-state index contributed by atoms with van der Waals surface area (Å²) in [6.45, 7) is 0.319. The molecule has 25 heavy (non-hydrogen) atoms. The van der Waals surface area contributed by atoms with Gasteiger partial charge in [-0.05, 0) is 12.1 Å². The predicted octanol–water partition coefficient (Wildman–Crippen LogP) is 3.49. The van der Waals surface area contributed by atoms with E-state index in [-0.39, 0.29) is 11.6 Å². The Morgan fingerprint density at radius 2 is 2.00 bits per heavy atom. The second-order valence-electron chi connectivity index (χ2n) is 5.32. The van der Waals surface area contributed by atoms with Crippen molar-refractivity contribution in [2.24, 2.45) is 7.05 Å². The maximum atomic E-state index is 12.6. The van der Waals surface area contributed by atoms with E-state index in [1.165, 1.54) is 23.5 Å². The number of nitrogens with zero attached hydrogens (tertiary/aromatic N) is 3. The van der Waals surface area contributed by atoms with E-state index >= 15 is 0 Å². The molecule has 0 bridgehead atoms. The summed E-state index contributed by atoms with van der Waals surface area (Å²) in [6.07, 6.45) is -0.942. The zero-order valence-electron chi connectivity index (χ0n) is 13.0. The Balaban J connectivity index is 1.68. The highest BCUT2D eigenvalue weighted by atomic mass is 32.1. The first-order valence-electron chi connectivity index (χ1n) is 7.22. The van der Waals surface area contributed by atoms with Gasteiger partial charge in [0.1, 0.15) is 10.7 Å². The second-order valence-corrected chi connectivity index (χ2v) is 6.18. The number of rotatable bonds is 4. The molecule has 5 nitrogen and oxygen atoms in total. The maximum absolute atomic E-state index is 12.6. The van der Waals surface area contributed by atoms with E-state index < -0.39 is 11.7 Å². The molecule has 0 saturated heterocycles. The van der Waals surface area contributed by atoms with Crippen LogP contribution in [0.5, 0.6) is 0 Å². The van der Waals surface area contributed by atoms with Gasteiger partial charge in [-0.3, -0.25) is 9.48 Å². The van der Waals surface area contributed by atoms with Crippen LogP contribution in [0.15, 0.2) is 42.0 Å². The van der Waals surface area contributed by atoms with Gasteiger partial charge in [0.05, 0.1) is 11.8 Å². The molecule has 0 saturated carbocycles. The summed E-state index contributed by atoms with van der Waals surface area (Å²) in [5.41, 5.74) is 0.893. The molecule has 0 unspecified atom stereocenters. The third-order valence-corrected chi connectivity index (χ3v) is 4.30. The van der Waals surface area contributed by atoms with Crippen molar-refractivity contribution >= 4 is 17.2 Å². The van der Waals surface area contributed by atoms with Gasteiger partial charge in [0.25, 0.3) is 5.91 Å². The van der Waals surface area contributed by atoms with E-state index in [0.717, 1.165) is 17.7 Å². The molecule has 2 heterocycles. The molecule has 2 aromatic heterocycles. The molecule has 0 radical (unpaired) electrons. The number of aryl methyl sites for hydroxylation is 1. The Hall–Kier alpha value is -2.68. The molecule has 1 aromatic carbocycles. The maximum Gasteiger partial charge on any atom is 0.416 e. The van der Waals surface area contributed by atoms with Crippen molar-refractivity contribution in [2.45, 2.75) is 12.7 Å². The monoisotopic (exact) mass is 366 g/mol. The number of hydrogen-bond donors (Lipinski definition) is 1. The van der Waals surface area contributed by atoms with Crippen molar-refractivity contribution in [1.29, 1.82) is 0 Å². The number of benzene rings is 1. The fourth-order valence-electron chi connectivity index (χ4n) is 2.15. The van der Waals surface area contributed by atoms with Gasteiger partial charge >= 0.3 is 6.18 Å². The molecular formula is C16H13F3N4OS. The van der Waals surface area contributed by atoms with Gasteiger partial charge in [-0.2, -0.15) is 18.3 Å². The number of amides is 1. The van der Waals surface area contributed by atoms with Crippen LogP contribution in [0, 0.1) is 0 Å². The van der Waals surface area contributed by atoms with E-state index in [0.29, 0.717) is 17.1 Å². The van der Waals surface area contributed by atoms with E-state index in [4.69, 9.17) is 0 Å². The normalized spacial score (nSPS) is 11.5. The van der Waals surface area contributed by atoms with Crippen molar-refractivity contribution in [3.63, 3.8) is 0 Å². The Morgan fingerprint density at radius 3 is 2.60 bits per heavy atom. The quantitative estimate of drug-likeness (QED) is 0.769. The molecule has 0 atom stereocenters. The van der Waals surface area contributed by atoms with Gasteiger partial charge in [0, 0.05) is 36.3 Å². The van der Waals surface area contributed by atoms with Gasteiger partial charge in [-0.1, -0.05) is 12.1 Å². The molecule has 0 aliphatic carbocycles. The van der Waals surface area contributed by atoms with Crippen molar-refractivity contribution in [3.05, 3.63) is 58.9 Å². The average molecular weight is 366 g/mol. The zero-order chi connectivity index (χ0) is 18.0. The number of aromatic nitrogens is 3. The number of hydrogen-bond acceptors (Lipinski definition) is 4. The van der Waals surface area contributed by atoms with Crippen molar-refractivity contribution < 1.29 is 18.0 Å². The summed E-state index contributed by atoms with van der Waals surface area (Å²) in [7, 11) is 1.78. The van der Waals surface area contributed by atoms with E-state index in [1.54, 1.807) is 29.5 Å². The predicted molar refractivity (Wildman–Crippen MR) is 86.9 cm³/mol. The van der Waals surface area contributed by atoms with E-state index in [1.807, 2.05) is 0 Å². The summed E-state index contributed by atoms with van der Waals surface area (Å²) in [5.74, 6) is -0.349. The third kappa shape index (κ3) is 4.05. The van der Waals surface area contributed by atoms with E-state index in [2.05, 4.69) is 15.4 Å². The van der Waals surface area contributed by atoms with Crippen LogP contribution in [0.25, 0.3) is 10.6 Å². The Kier molecular flexibility index (Phi) is 4.58. The van der Waals surface area contributed by atoms with Crippen LogP contribution in [0.3, 0.4) is 0 Å². The average Bonchev–Trinajstić information content (AvgIpc) is 3.21. The van der Waals surface area contributed by atoms with Gasteiger partial charge in [-0.15, -0.1) is 11.3 Å². The molecule has 0 aliphatic rings. The summed E-state index contributed by atoms with van der Waals surface area (Å²) in [6, 6.07) is 4.69. The largest absolute Gasteiger partial charge is 0.416 e. The minimum Gasteiger partial charge on any atom is -0.346 e. The van der Waals surface area contributed by atoms with Crippen LogP contribution < -0.4 is 5.32 Å². The van der Waals surface area contributed by atoms with Gasteiger partial charge in [0.15, 0.2) is 0 Å². The first-order valence-corrected chi connectivity index (χ1v) is 8.10. The molecule has 1 N–H and O–H groups in total. The molecular weight excluding hydrogens is 353 g/mol. The van der Waals surface area contributed by atoms with E-state index in [9.17, 15) is 18.0 Å². The highest BCUT2D eigenvalue weighted by Crippen LogP contribution is 2.31. The second kappa shape index (κ2) is 6.67. The zero-order valence-corrected chi connectivity index (χ0v) is 13.9. The summed E-state index contributed by atoms with van der Waals surface area (Å²) in [5, 5.41) is 8.79. The number of nitrogens with one attached hydrogen (secondary N) is 1. The smallest absolute Gasteiger partial charge is 0.346 e. The lowest BCUT2D eigenvalue weighted by Gasteiger charge is -2.06. The molecule has 9 heteroatoms. The molecule has 3 aromatic rings. The number of carbonyl (C=O) groups is 1. The lowest BCUT2D eigenvalue weighted by molar-refractivity contribution is -0.137. The molecule has 0 aliphatic heterocycles. The van der Waals surface area contributed by atoms with Crippen LogP contribution in [0.2, 0.25) is 0 Å². The minimum atomic E-state index is -4.38. The molecule has 1 amide bonds. The molecule has 0 spiro atoms. The van der Waals surface area contributed by atoms with Gasteiger partial charge in [0.2, 0.25) is 0 Å². The van der Waals surface area contributed by atoms with Crippen molar-refractivity contribution in [3.8, 4) is 10.6 Å². The number of alkyl halides is 3. The van der Waals surface area contributed by atoms with Crippen LogP contribution in [0.1, 0.15) is 21.6 Å². The van der Waals surface area contributed by atoms with Crippen LogP contribution in [-0.4, -0.2) is 20.7 Å². The lowest BCUT2D eigenvalue weighted by atomic mass is 10.1. The Bertz CT molecular complexity index is 883. The number of carbonyl (C=O) groups excluding carboxylic acids is 1. The van der Waals surface area contributed by atoms with Crippen molar-refractivity contribution in [2.75, 3.05) is 0 Å². The highest BCUT2D eigenvalue weighted by Gasteiger charge is 2.30. The SMILES string of the molecule is Cn1cc(CNC(=O)c2csc(-c3ccc(C(F)(F)F)cc3)n2)cn1. The number of thiazole rings is 1. The molecule has 130 valence electrons.